The molecule has 0 amide bonds. The number of anilines is 1. The SMILES string of the molecule is CC(Nc1nc2[nH]ncc2c(=O)[nH]1)c1ccc(F)c2ccccc12. The number of hydrogen-bond acceptors (Lipinski definition) is 4. The summed E-state index contributed by atoms with van der Waals surface area (Å²) in [4.78, 5) is 19.0. The van der Waals surface area contributed by atoms with Gasteiger partial charge in [-0.15, -0.1) is 0 Å². The zero-order valence-electron chi connectivity index (χ0n) is 12.8. The Balaban J connectivity index is 1.75. The predicted octanol–water partition coefficient (Wildman–Crippen LogP) is 3.11. The number of benzene rings is 2. The molecule has 7 heteroatoms. The summed E-state index contributed by atoms with van der Waals surface area (Å²) in [6.45, 7) is 1.93. The van der Waals surface area contributed by atoms with E-state index in [-0.39, 0.29) is 17.4 Å². The lowest BCUT2D eigenvalue weighted by molar-refractivity contribution is 0.639. The Labute approximate surface area is 135 Å². The molecule has 0 radical (unpaired) electrons. The minimum Gasteiger partial charge on any atom is -0.349 e. The molecule has 0 spiro atoms. The maximum atomic E-state index is 14.0. The number of aromatic nitrogens is 4. The summed E-state index contributed by atoms with van der Waals surface area (Å²) in [6, 6.07) is 10.3. The largest absolute Gasteiger partial charge is 0.349 e. The van der Waals surface area contributed by atoms with Gasteiger partial charge in [-0.2, -0.15) is 10.1 Å². The molecular formula is C17H14FN5O. The van der Waals surface area contributed by atoms with E-state index in [1.165, 1.54) is 12.3 Å². The van der Waals surface area contributed by atoms with Crippen LogP contribution in [0.15, 0.2) is 47.4 Å². The molecule has 4 aromatic rings. The van der Waals surface area contributed by atoms with Gasteiger partial charge in [-0.05, 0) is 23.9 Å². The Bertz CT molecular complexity index is 1100. The number of hydrogen-bond donors (Lipinski definition) is 3. The van der Waals surface area contributed by atoms with Crippen LogP contribution < -0.4 is 10.9 Å². The third-order valence-electron chi connectivity index (χ3n) is 4.04. The van der Waals surface area contributed by atoms with Crippen molar-refractivity contribution in [1.82, 2.24) is 20.2 Å². The molecule has 0 aliphatic carbocycles. The van der Waals surface area contributed by atoms with Crippen molar-refractivity contribution in [2.75, 3.05) is 5.32 Å². The molecule has 2 heterocycles. The molecule has 3 N–H and O–H groups in total. The normalized spacial score (nSPS) is 12.6. The van der Waals surface area contributed by atoms with Gasteiger partial charge in [-0.3, -0.25) is 14.9 Å². The molecule has 6 nitrogen and oxygen atoms in total. The van der Waals surface area contributed by atoms with Crippen molar-refractivity contribution >= 4 is 27.8 Å². The standard InChI is InChI=1S/C17H14FN5O/c1-9(10-6-7-14(18)12-5-3-2-4-11(10)12)20-17-21-15-13(8-19-23-15)16(24)22-17/h2-9H,1H3,(H3,19,20,21,22,23,24). The number of fused-ring (bicyclic) bond motifs is 2. The van der Waals surface area contributed by atoms with Crippen molar-refractivity contribution in [2.24, 2.45) is 0 Å². The molecule has 24 heavy (non-hydrogen) atoms. The molecule has 0 aliphatic heterocycles. The first kappa shape index (κ1) is 14.4. The molecule has 0 bridgehead atoms. The lowest BCUT2D eigenvalue weighted by Crippen LogP contribution is -2.15. The maximum Gasteiger partial charge on any atom is 0.263 e. The van der Waals surface area contributed by atoms with Gasteiger partial charge in [0, 0.05) is 5.39 Å². The molecular weight excluding hydrogens is 309 g/mol. The van der Waals surface area contributed by atoms with Crippen LogP contribution in [0, 0.1) is 5.82 Å². The van der Waals surface area contributed by atoms with Crippen LogP contribution in [-0.2, 0) is 0 Å². The highest BCUT2D eigenvalue weighted by molar-refractivity contribution is 5.87. The van der Waals surface area contributed by atoms with Crippen molar-refractivity contribution in [3.63, 3.8) is 0 Å². The Hall–Kier alpha value is -3.22. The Morgan fingerprint density at radius 1 is 1.12 bits per heavy atom. The third-order valence-corrected chi connectivity index (χ3v) is 4.04. The Kier molecular flexibility index (Phi) is 3.26. The van der Waals surface area contributed by atoms with Crippen molar-refractivity contribution < 1.29 is 4.39 Å². The highest BCUT2D eigenvalue weighted by Crippen LogP contribution is 2.27. The van der Waals surface area contributed by atoms with Crippen LogP contribution in [0.25, 0.3) is 21.8 Å². The molecule has 2 aromatic heterocycles. The number of nitrogens with one attached hydrogen (secondary N) is 3. The van der Waals surface area contributed by atoms with E-state index in [1.54, 1.807) is 18.2 Å². The van der Waals surface area contributed by atoms with E-state index in [4.69, 9.17) is 0 Å². The fourth-order valence-electron chi connectivity index (χ4n) is 2.86. The van der Waals surface area contributed by atoms with E-state index in [9.17, 15) is 9.18 Å². The van der Waals surface area contributed by atoms with Crippen LogP contribution in [0.1, 0.15) is 18.5 Å². The average Bonchev–Trinajstić information content (AvgIpc) is 3.04. The van der Waals surface area contributed by atoms with Crippen LogP contribution in [0.2, 0.25) is 0 Å². The van der Waals surface area contributed by atoms with E-state index in [0.29, 0.717) is 22.4 Å². The Morgan fingerprint density at radius 3 is 2.75 bits per heavy atom. The third kappa shape index (κ3) is 2.30. The molecule has 0 fully saturated rings. The van der Waals surface area contributed by atoms with Crippen molar-refractivity contribution in [2.45, 2.75) is 13.0 Å². The van der Waals surface area contributed by atoms with E-state index < -0.39 is 0 Å². The maximum absolute atomic E-state index is 14.0. The lowest BCUT2D eigenvalue weighted by Gasteiger charge is -2.17. The number of H-pyrrole nitrogens is 2. The van der Waals surface area contributed by atoms with E-state index in [2.05, 4.69) is 25.5 Å². The fourth-order valence-corrected chi connectivity index (χ4v) is 2.86. The van der Waals surface area contributed by atoms with Crippen molar-refractivity contribution in [3.05, 3.63) is 64.3 Å². The zero-order valence-corrected chi connectivity index (χ0v) is 12.8. The van der Waals surface area contributed by atoms with Gasteiger partial charge in [0.1, 0.15) is 11.2 Å². The van der Waals surface area contributed by atoms with Gasteiger partial charge in [0.05, 0.1) is 12.2 Å². The molecule has 4 rings (SSSR count). The molecule has 0 saturated heterocycles. The first-order valence-corrected chi connectivity index (χ1v) is 7.50. The van der Waals surface area contributed by atoms with Gasteiger partial charge in [0.2, 0.25) is 5.95 Å². The second-order valence-electron chi connectivity index (χ2n) is 5.60. The van der Waals surface area contributed by atoms with Crippen molar-refractivity contribution in [3.8, 4) is 0 Å². The molecule has 0 aliphatic rings. The van der Waals surface area contributed by atoms with Crippen LogP contribution in [0.5, 0.6) is 0 Å². The van der Waals surface area contributed by atoms with Gasteiger partial charge in [-0.25, -0.2) is 4.39 Å². The second kappa shape index (κ2) is 5.45. The summed E-state index contributed by atoms with van der Waals surface area (Å²) in [6.07, 6.45) is 1.43. The number of aromatic amines is 2. The summed E-state index contributed by atoms with van der Waals surface area (Å²) < 4.78 is 14.0. The second-order valence-corrected chi connectivity index (χ2v) is 5.60. The summed E-state index contributed by atoms with van der Waals surface area (Å²) >= 11 is 0. The van der Waals surface area contributed by atoms with Gasteiger partial charge < -0.3 is 5.32 Å². The summed E-state index contributed by atoms with van der Waals surface area (Å²) in [5.74, 6) is 0.0737. The quantitative estimate of drug-likeness (QED) is 0.541. The van der Waals surface area contributed by atoms with Gasteiger partial charge in [0.25, 0.3) is 5.56 Å². The van der Waals surface area contributed by atoms with Crippen LogP contribution >= 0.6 is 0 Å². The Morgan fingerprint density at radius 2 is 1.92 bits per heavy atom. The van der Waals surface area contributed by atoms with Gasteiger partial charge >= 0.3 is 0 Å². The van der Waals surface area contributed by atoms with Crippen LogP contribution in [0.3, 0.4) is 0 Å². The summed E-state index contributed by atoms with van der Waals surface area (Å²) in [5.41, 5.74) is 1.06. The monoisotopic (exact) mass is 323 g/mol. The molecule has 0 saturated carbocycles. The summed E-state index contributed by atoms with van der Waals surface area (Å²) in [5, 5.41) is 11.4. The molecule has 1 atom stereocenters. The lowest BCUT2D eigenvalue weighted by atomic mass is 9.99. The van der Waals surface area contributed by atoms with Crippen LogP contribution in [0.4, 0.5) is 10.3 Å². The molecule has 1 unspecified atom stereocenters. The average molecular weight is 323 g/mol. The molecule has 120 valence electrons. The van der Waals surface area contributed by atoms with E-state index in [1.807, 2.05) is 19.1 Å². The van der Waals surface area contributed by atoms with E-state index >= 15 is 0 Å². The van der Waals surface area contributed by atoms with Gasteiger partial charge in [0.15, 0.2) is 5.65 Å². The predicted molar refractivity (Wildman–Crippen MR) is 90.5 cm³/mol. The van der Waals surface area contributed by atoms with E-state index in [0.717, 1.165) is 10.9 Å². The van der Waals surface area contributed by atoms with Gasteiger partial charge in [-0.1, -0.05) is 30.3 Å². The smallest absolute Gasteiger partial charge is 0.263 e. The first-order valence-electron chi connectivity index (χ1n) is 7.50. The minimum atomic E-state index is -0.271. The summed E-state index contributed by atoms with van der Waals surface area (Å²) in [7, 11) is 0. The van der Waals surface area contributed by atoms with Crippen LogP contribution in [-0.4, -0.2) is 20.2 Å². The highest BCUT2D eigenvalue weighted by Gasteiger charge is 2.13. The van der Waals surface area contributed by atoms with Crippen molar-refractivity contribution in [1.29, 1.82) is 0 Å². The minimum absolute atomic E-state index is 0.181. The first-order chi connectivity index (χ1) is 11.6. The topological polar surface area (TPSA) is 86.5 Å². The number of halogens is 1. The fraction of sp³-hybridized carbons (Fsp3) is 0.118. The highest BCUT2D eigenvalue weighted by atomic mass is 19.1. The number of rotatable bonds is 3. The number of nitrogens with zero attached hydrogens (tertiary/aromatic N) is 2. The zero-order chi connectivity index (χ0) is 16.7. The molecule has 2 aromatic carbocycles.